The lowest BCUT2D eigenvalue weighted by molar-refractivity contribution is -0.143. The van der Waals surface area contributed by atoms with Crippen molar-refractivity contribution >= 4 is 11.9 Å². The van der Waals surface area contributed by atoms with Gasteiger partial charge in [-0.25, -0.2) is 0 Å². The Bertz CT molecular complexity index is 526. The van der Waals surface area contributed by atoms with Gasteiger partial charge in [0.05, 0.1) is 12.2 Å². The van der Waals surface area contributed by atoms with E-state index in [4.69, 9.17) is 0 Å². The molecule has 0 spiro atoms. The van der Waals surface area contributed by atoms with Crippen LogP contribution in [-0.4, -0.2) is 46.3 Å². The highest BCUT2D eigenvalue weighted by molar-refractivity contribution is 5.97. The fraction of sp³-hybridized carbons (Fsp3) is 0.583. The zero-order valence-electron chi connectivity index (χ0n) is 11.9. The first kappa shape index (κ1) is 17.0. The number of nitrogens with zero attached hydrogens (tertiary/aromatic N) is 3. The Kier molecular flexibility index (Phi) is 5.34. The summed E-state index contributed by atoms with van der Waals surface area (Å²) in [5.41, 5.74) is -1.85. The Labute approximate surface area is 119 Å². The molecule has 118 valence electrons. The van der Waals surface area contributed by atoms with E-state index in [9.17, 15) is 22.8 Å². The van der Waals surface area contributed by atoms with Gasteiger partial charge in [-0.3, -0.25) is 14.3 Å². The van der Waals surface area contributed by atoms with Gasteiger partial charge in [-0.1, -0.05) is 0 Å². The van der Waals surface area contributed by atoms with Gasteiger partial charge in [-0.05, 0) is 13.8 Å². The number of alkyl halides is 3. The van der Waals surface area contributed by atoms with Crippen molar-refractivity contribution < 1.29 is 27.5 Å². The zero-order valence-corrected chi connectivity index (χ0v) is 11.9. The molecule has 9 heteroatoms. The molecule has 0 fully saturated rings. The van der Waals surface area contributed by atoms with Gasteiger partial charge < -0.3 is 9.64 Å². The van der Waals surface area contributed by atoms with Gasteiger partial charge in [0.2, 0.25) is 0 Å². The SMILES string of the molecule is CCOC(=O)CN(CC)C(=O)c1cn(C)nc1C(F)(F)F. The molecule has 0 saturated carbocycles. The second-order valence-corrected chi connectivity index (χ2v) is 4.19. The minimum atomic E-state index is -4.74. The van der Waals surface area contributed by atoms with E-state index >= 15 is 0 Å². The Hall–Kier alpha value is -2.06. The number of esters is 1. The van der Waals surface area contributed by atoms with Crippen molar-refractivity contribution in [1.29, 1.82) is 0 Å². The van der Waals surface area contributed by atoms with Crippen LogP contribution in [0.25, 0.3) is 0 Å². The van der Waals surface area contributed by atoms with Crippen LogP contribution >= 0.6 is 0 Å². The van der Waals surface area contributed by atoms with Crippen LogP contribution in [0, 0.1) is 0 Å². The van der Waals surface area contributed by atoms with E-state index in [0.29, 0.717) is 0 Å². The van der Waals surface area contributed by atoms with Crippen molar-refractivity contribution in [2.24, 2.45) is 7.05 Å². The number of carbonyl (C=O) groups excluding carboxylic acids is 2. The highest BCUT2D eigenvalue weighted by Crippen LogP contribution is 2.31. The van der Waals surface area contributed by atoms with Crippen molar-refractivity contribution in [3.05, 3.63) is 17.5 Å². The summed E-state index contributed by atoms with van der Waals surface area (Å²) < 4.78 is 44.1. The zero-order chi connectivity index (χ0) is 16.2. The maximum atomic E-state index is 12.8. The Morgan fingerprint density at radius 3 is 2.48 bits per heavy atom. The van der Waals surface area contributed by atoms with E-state index < -0.39 is 35.9 Å². The number of aromatic nitrogens is 2. The number of aryl methyl sites for hydroxylation is 1. The summed E-state index contributed by atoms with van der Waals surface area (Å²) in [5, 5.41) is 3.26. The average Bonchev–Trinajstić information content (AvgIpc) is 2.77. The number of carbonyl (C=O) groups is 2. The standard InChI is InChI=1S/C12H16F3N3O3/c1-4-18(7-9(19)21-5-2)11(20)8-6-17(3)16-10(8)12(13,14)15/h6H,4-5,7H2,1-3H3. The molecule has 0 N–H and O–H groups in total. The average molecular weight is 307 g/mol. The second kappa shape index (κ2) is 6.59. The van der Waals surface area contributed by atoms with Crippen LogP contribution in [0.5, 0.6) is 0 Å². The summed E-state index contributed by atoms with van der Waals surface area (Å²) in [4.78, 5) is 24.5. The van der Waals surface area contributed by atoms with Crippen LogP contribution in [0.2, 0.25) is 0 Å². The summed E-state index contributed by atoms with van der Waals surface area (Å²) >= 11 is 0. The minimum absolute atomic E-state index is 0.0733. The number of hydrogen-bond acceptors (Lipinski definition) is 4. The highest BCUT2D eigenvalue weighted by Gasteiger charge is 2.40. The molecule has 0 aromatic carbocycles. The van der Waals surface area contributed by atoms with Gasteiger partial charge in [0.15, 0.2) is 5.69 Å². The lowest BCUT2D eigenvalue weighted by Crippen LogP contribution is -2.37. The molecule has 21 heavy (non-hydrogen) atoms. The fourth-order valence-electron chi connectivity index (χ4n) is 1.71. The Morgan fingerprint density at radius 2 is 2.00 bits per heavy atom. The molecule has 6 nitrogen and oxygen atoms in total. The topological polar surface area (TPSA) is 64.4 Å². The van der Waals surface area contributed by atoms with Gasteiger partial charge in [0.25, 0.3) is 5.91 Å². The predicted molar refractivity (Wildman–Crippen MR) is 66.4 cm³/mol. The molecule has 0 saturated heterocycles. The Morgan fingerprint density at radius 1 is 1.38 bits per heavy atom. The number of rotatable bonds is 5. The van der Waals surface area contributed by atoms with E-state index in [2.05, 4.69) is 9.84 Å². The highest BCUT2D eigenvalue weighted by atomic mass is 19.4. The maximum absolute atomic E-state index is 12.8. The fourth-order valence-corrected chi connectivity index (χ4v) is 1.71. The van der Waals surface area contributed by atoms with Crippen LogP contribution in [0.3, 0.4) is 0 Å². The lowest BCUT2D eigenvalue weighted by Gasteiger charge is -2.19. The molecule has 0 atom stereocenters. The maximum Gasteiger partial charge on any atom is 0.435 e. The molecule has 1 aromatic rings. The van der Waals surface area contributed by atoms with E-state index in [1.807, 2.05) is 0 Å². The smallest absolute Gasteiger partial charge is 0.435 e. The summed E-state index contributed by atoms with van der Waals surface area (Å²) in [7, 11) is 1.29. The first-order chi connectivity index (χ1) is 9.70. The molecule has 1 amide bonds. The van der Waals surface area contributed by atoms with Gasteiger partial charge in [0.1, 0.15) is 6.54 Å². The van der Waals surface area contributed by atoms with Gasteiger partial charge in [-0.15, -0.1) is 0 Å². The predicted octanol–water partition coefficient (Wildman–Crippen LogP) is 1.46. The van der Waals surface area contributed by atoms with E-state index in [1.54, 1.807) is 13.8 Å². The normalized spacial score (nSPS) is 11.3. The van der Waals surface area contributed by atoms with Crippen molar-refractivity contribution in [1.82, 2.24) is 14.7 Å². The van der Waals surface area contributed by atoms with Gasteiger partial charge in [0, 0.05) is 19.8 Å². The van der Waals surface area contributed by atoms with Gasteiger partial charge in [-0.2, -0.15) is 18.3 Å². The lowest BCUT2D eigenvalue weighted by atomic mass is 10.2. The first-order valence-corrected chi connectivity index (χ1v) is 6.26. The molecular weight excluding hydrogens is 291 g/mol. The summed E-state index contributed by atoms with van der Waals surface area (Å²) in [6.07, 6.45) is -3.76. The van der Waals surface area contributed by atoms with E-state index in [1.165, 1.54) is 7.05 Å². The van der Waals surface area contributed by atoms with Crippen LogP contribution < -0.4 is 0 Å². The third kappa shape index (κ3) is 4.20. The van der Waals surface area contributed by atoms with E-state index in [0.717, 1.165) is 15.8 Å². The van der Waals surface area contributed by atoms with Crippen LogP contribution in [0.15, 0.2) is 6.20 Å². The molecule has 0 bridgehead atoms. The molecule has 1 aromatic heterocycles. The van der Waals surface area contributed by atoms with Crippen molar-refractivity contribution in [3.63, 3.8) is 0 Å². The molecule has 0 aliphatic heterocycles. The van der Waals surface area contributed by atoms with Crippen molar-refractivity contribution in [3.8, 4) is 0 Å². The number of amides is 1. The number of hydrogen-bond donors (Lipinski definition) is 0. The van der Waals surface area contributed by atoms with Crippen LogP contribution in [-0.2, 0) is 22.8 Å². The summed E-state index contributed by atoms with van der Waals surface area (Å²) in [6.45, 7) is 2.95. The van der Waals surface area contributed by atoms with Gasteiger partial charge >= 0.3 is 12.1 Å². The molecule has 1 rings (SSSR count). The molecule has 0 aliphatic carbocycles. The molecule has 0 unspecified atom stereocenters. The van der Waals surface area contributed by atoms with E-state index in [-0.39, 0.29) is 13.2 Å². The van der Waals surface area contributed by atoms with Crippen LogP contribution in [0.4, 0.5) is 13.2 Å². The third-order valence-electron chi connectivity index (χ3n) is 2.62. The molecule has 0 aliphatic rings. The molecule has 1 heterocycles. The summed E-state index contributed by atoms with van der Waals surface area (Å²) in [5.74, 6) is -1.59. The number of ether oxygens (including phenoxy) is 1. The number of likely N-dealkylation sites (N-methyl/N-ethyl adjacent to an activating group) is 1. The Balaban J connectivity index is 3.03. The monoisotopic (exact) mass is 307 g/mol. The minimum Gasteiger partial charge on any atom is -0.465 e. The second-order valence-electron chi connectivity index (χ2n) is 4.19. The first-order valence-electron chi connectivity index (χ1n) is 6.26. The van der Waals surface area contributed by atoms with Crippen molar-refractivity contribution in [2.75, 3.05) is 19.7 Å². The quantitative estimate of drug-likeness (QED) is 0.773. The largest absolute Gasteiger partial charge is 0.465 e. The summed E-state index contributed by atoms with van der Waals surface area (Å²) in [6, 6.07) is 0. The van der Waals surface area contributed by atoms with Crippen LogP contribution in [0.1, 0.15) is 29.9 Å². The molecular formula is C12H16F3N3O3. The third-order valence-corrected chi connectivity index (χ3v) is 2.62. The molecule has 0 radical (unpaired) electrons. The number of halogens is 3. The van der Waals surface area contributed by atoms with Crippen molar-refractivity contribution in [2.45, 2.75) is 20.0 Å².